The second-order valence-electron chi connectivity index (χ2n) is 7.27. The van der Waals surface area contributed by atoms with Crippen LogP contribution in [0.4, 0.5) is 10.2 Å². The Hall–Kier alpha value is -4.11. The van der Waals surface area contributed by atoms with Gasteiger partial charge in [-0.1, -0.05) is 35.9 Å². The molecule has 0 atom stereocenters. The van der Waals surface area contributed by atoms with E-state index in [2.05, 4.69) is 11.2 Å². The first-order chi connectivity index (χ1) is 16.0. The lowest BCUT2D eigenvalue weighted by Crippen LogP contribution is -2.07. The predicted molar refractivity (Wildman–Crippen MR) is 124 cm³/mol. The Bertz CT molecular complexity index is 1450. The second kappa shape index (κ2) is 9.17. The number of allylic oxidation sites excluding steroid dienone is 1. The molecule has 9 heteroatoms. The molecule has 0 amide bonds. The summed E-state index contributed by atoms with van der Waals surface area (Å²) in [5, 5.41) is 34.0. The Kier molecular flexibility index (Phi) is 6.14. The van der Waals surface area contributed by atoms with Crippen molar-refractivity contribution in [1.29, 1.82) is 10.5 Å². The van der Waals surface area contributed by atoms with Crippen molar-refractivity contribution in [2.45, 2.75) is 13.1 Å². The van der Waals surface area contributed by atoms with Gasteiger partial charge in [-0.3, -0.25) is 0 Å². The average Bonchev–Trinajstić information content (AvgIpc) is 3.32. The van der Waals surface area contributed by atoms with Crippen molar-refractivity contribution in [3.8, 4) is 12.1 Å². The molecule has 0 bridgehead atoms. The fraction of sp³-hybridized carbons (Fsp3) is 0.125. The highest BCUT2D eigenvalue weighted by Crippen LogP contribution is 2.30. The van der Waals surface area contributed by atoms with E-state index in [1.165, 1.54) is 10.7 Å². The maximum atomic E-state index is 14.4. The molecule has 2 aromatic carbocycles. The number of para-hydroxylation sites is 1. The topological polar surface area (TPSA) is 117 Å². The van der Waals surface area contributed by atoms with Crippen molar-refractivity contribution < 1.29 is 9.50 Å². The highest BCUT2D eigenvalue weighted by molar-refractivity contribution is 6.31. The maximum absolute atomic E-state index is 14.4. The first-order valence-electron chi connectivity index (χ1n) is 9.98. The van der Waals surface area contributed by atoms with Crippen LogP contribution in [0.25, 0.3) is 22.6 Å². The molecule has 0 saturated heterocycles. The number of hydrogen-bond acceptors (Lipinski definition) is 5. The molecule has 0 fully saturated rings. The molecule has 33 heavy (non-hydrogen) atoms. The van der Waals surface area contributed by atoms with Crippen molar-refractivity contribution in [3.05, 3.63) is 81.9 Å². The van der Waals surface area contributed by atoms with Gasteiger partial charge >= 0.3 is 0 Å². The van der Waals surface area contributed by atoms with Crippen molar-refractivity contribution >= 4 is 40.0 Å². The SMILES string of the molecule is N#C/C(=C\c1cn(Cc2c(F)cccc2Cl)c2ccccc12)c1nn(CCO)c(N)c1C#N. The summed E-state index contributed by atoms with van der Waals surface area (Å²) in [4.78, 5) is 0. The van der Waals surface area contributed by atoms with E-state index in [4.69, 9.17) is 17.3 Å². The average molecular weight is 461 g/mol. The third-order valence-electron chi connectivity index (χ3n) is 5.30. The Balaban J connectivity index is 1.85. The van der Waals surface area contributed by atoms with Gasteiger partial charge in [0.1, 0.15) is 35.0 Å². The van der Waals surface area contributed by atoms with E-state index < -0.39 is 5.82 Å². The van der Waals surface area contributed by atoms with E-state index in [1.54, 1.807) is 24.4 Å². The van der Waals surface area contributed by atoms with Crippen LogP contribution in [-0.2, 0) is 13.1 Å². The van der Waals surface area contributed by atoms with E-state index in [0.717, 1.165) is 10.9 Å². The fourth-order valence-corrected chi connectivity index (χ4v) is 3.95. The zero-order valence-electron chi connectivity index (χ0n) is 17.3. The Morgan fingerprint density at radius 2 is 2.00 bits per heavy atom. The summed E-state index contributed by atoms with van der Waals surface area (Å²) in [5.41, 5.74) is 8.19. The first kappa shape index (κ1) is 22.1. The minimum absolute atomic E-state index is 0.0677. The number of aliphatic hydroxyl groups excluding tert-OH is 1. The number of hydrogen-bond donors (Lipinski definition) is 2. The van der Waals surface area contributed by atoms with Crippen molar-refractivity contribution in [1.82, 2.24) is 14.3 Å². The Morgan fingerprint density at radius 1 is 1.21 bits per heavy atom. The van der Waals surface area contributed by atoms with Crippen molar-refractivity contribution in [2.24, 2.45) is 0 Å². The number of anilines is 1. The predicted octanol–water partition coefficient (Wildman–Crippen LogP) is 4.19. The van der Waals surface area contributed by atoms with E-state index in [9.17, 15) is 20.0 Å². The van der Waals surface area contributed by atoms with E-state index in [0.29, 0.717) is 16.1 Å². The zero-order valence-corrected chi connectivity index (χ0v) is 18.1. The number of benzene rings is 2. The van der Waals surface area contributed by atoms with Gasteiger partial charge in [0.25, 0.3) is 0 Å². The molecule has 0 spiro atoms. The second-order valence-corrected chi connectivity index (χ2v) is 7.67. The number of nitrogens with two attached hydrogens (primary N) is 1. The summed E-state index contributed by atoms with van der Waals surface area (Å²) in [5.74, 6) is -0.321. The molecule has 0 aliphatic rings. The standard InChI is InChI=1S/C24H18ClFN6O/c25-20-5-3-6-21(26)19(20)14-31-13-16(17-4-1-2-7-22(17)31)10-15(11-27)23-18(12-28)24(29)32(30-23)8-9-33/h1-7,10,13,33H,8-9,14,29H2/b15-10+. The lowest BCUT2D eigenvalue weighted by Gasteiger charge is -2.08. The van der Waals surface area contributed by atoms with Gasteiger partial charge in [0, 0.05) is 33.2 Å². The van der Waals surface area contributed by atoms with Gasteiger partial charge in [0.2, 0.25) is 0 Å². The summed E-state index contributed by atoms with van der Waals surface area (Å²) in [6.45, 7) is 0.0824. The molecular formula is C24H18ClFN6O. The molecule has 0 saturated carbocycles. The number of aliphatic hydroxyl groups is 1. The van der Waals surface area contributed by atoms with Crippen molar-refractivity contribution in [2.75, 3.05) is 12.3 Å². The highest BCUT2D eigenvalue weighted by atomic mass is 35.5. The van der Waals surface area contributed by atoms with Crippen LogP contribution < -0.4 is 5.73 Å². The minimum Gasteiger partial charge on any atom is -0.394 e. The van der Waals surface area contributed by atoms with E-state index in [-0.39, 0.29) is 42.3 Å². The third-order valence-corrected chi connectivity index (χ3v) is 5.65. The van der Waals surface area contributed by atoms with Gasteiger partial charge in [-0.05, 0) is 24.3 Å². The number of nitrogen functional groups attached to an aromatic ring is 1. The molecule has 4 rings (SSSR count). The molecule has 7 nitrogen and oxygen atoms in total. The van der Waals surface area contributed by atoms with Crippen LogP contribution in [0.5, 0.6) is 0 Å². The molecule has 164 valence electrons. The number of halogens is 2. The molecule has 3 N–H and O–H groups in total. The van der Waals surface area contributed by atoms with Crippen LogP contribution in [0.2, 0.25) is 5.02 Å². The van der Waals surface area contributed by atoms with Crippen LogP contribution in [0.1, 0.15) is 22.4 Å². The molecule has 2 heterocycles. The van der Waals surface area contributed by atoms with Gasteiger partial charge in [-0.25, -0.2) is 9.07 Å². The monoisotopic (exact) mass is 460 g/mol. The van der Waals surface area contributed by atoms with Crippen LogP contribution in [0, 0.1) is 28.5 Å². The van der Waals surface area contributed by atoms with Crippen LogP contribution in [0.3, 0.4) is 0 Å². The zero-order chi connectivity index (χ0) is 23.5. The molecule has 0 aliphatic heterocycles. The normalized spacial score (nSPS) is 11.5. The van der Waals surface area contributed by atoms with Gasteiger partial charge in [-0.15, -0.1) is 0 Å². The summed E-state index contributed by atoms with van der Waals surface area (Å²) in [7, 11) is 0. The van der Waals surface area contributed by atoms with Crippen molar-refractivity contribution in [3.63, 3.8) is 0 Å². The number of aromatic nitrogens is 3. The molecule has 0 unspecified atom stereocenters. The van der Waals surface area contributed by atoms with Gasteiger partial charge < -0.3 is 15.4 Å². The Morgan fingerprint density at radius 3 is 2.70 bits per heavy atom. The number of nitriles is 2. The lowest BCUT2D eigenvalue weighted by molar-refractivity contribution is 0.270. The minimum atomic E-state index is -0.404. The molecule has 0 radical (unpaired) electrons. The van der Waals surface area contributed by atoms with Gasteiger partial charge in [0.05, 0.1) is 25.3 Å². The summed E-state index contributed by atoms with van der Waals surface area (Å²) in [6, 6.07) is 16.1. The summed E-state index contributed by atoms with van der Waals surface area (Å²) >= 11 is 6.22. The van der Waals surface area contributed by atoms with E-state index >= 15 is 0 Å². The first-order valence-corrected chi connectivity index (χ1v) is 10.4. The van der Waals surface area contributed by atoms with Gasteiger partial charge in [0.15, 0.2) is 0 Å². The van der Waals surface area contributed by atoms with Crippen LogP contribution in [-0.4, -0.2) is 26.1 Å². The lowest BCUT2D eigenvalue weighted by atomic mass is 10.1. The van der Waals surface area contributed by atoms with Crippen LogP contribution in [0.15, 0.2) is 48.7 Å². The summed E-state index contributed by atoms with van der Waals surface area (Å²) in [6.07, 6.45) is 3.42. The Labute approximate surface area is 194 Å². The number of rotatable bonds is 6. The van der Waals surface area contributed by atoms with E-state index in [1.807, 2.05) is 34.9 Å². The summed E-state index contributed by atoms with van der Waals surface area (Å²) < 4.78 is 17.5. The van der Waals surface area contributed by atoms with Crippen LogP contribution >= 0.6 is 11.6 Å². The number of fused-ring (bicyclic) bond motifs is 1. The largest absolute Gasteiger partial charge is 0.394 e. The number of nitrogens with zero attached hydrogens (tertiary/aromatic N) is 5. The third kappa shape index (κ3) is 4.06. The highest BCUT2D eigenvalue weighted by Gasteiger charge is 2.20. The molecular weight excluding hydrogens is 443 g/mol. The molecule has 0 aliphatic carbocycles. The fourth-order valence-electron chi connectivity index (χ4n) is 3.72. The molecule has 4 aromatic rings. The van der Waals surface area contributed by atoms with Gasteiger partial charge in [-0.2, -0.15) is 15.6 Å². The smallest absolute Gasteiger partial charge is 0.140 e. The quantitative estimate of drug-likeness (QED) is 0.418. The maximum Gasteiger partial charge on any atom is 0.140 e. The molecule has 2 aromatic heterocycles.